The summed E-state index contributed by atoms with van der Waals surface area (Å²) < 4.78 is 16.8. The summed E-state index contributed by atoms with van der Waals surface area (Å²) in [4.78, 5) is 31.0. The molecule has 1 amide bonds. The Labute approximate surface area is 187 Å². The van der Waals surface area contributed by atoms with Crippen LogP contribution in [0, 0.1) is 0 Å². The molecule has 0 saturated heterocycles. The fourth-order valence-electron chi connectivity index (χ4n) is 4.36. The molecule has 2 heterocycles. The highest BCUT2D eigenvalue weighted by Crippen LogP contribution is 2.40. The highest BCUT2D eigenvalue weighted by atomic mass is 16.5. The summed E-state index contributed by atoms with van der Waals surface area (Å²) >= 11 is 0. The number of likely N-dealkylation sites (N-methyl/N-ethyl adjacent to an activating group) is 1. The number of fused-ring (bicyclic) bond motifs is 2. The van der Waals surface area contributed by atoms with Crippen molar-refractivity contribution in [3.8, 4) is 11.5 Å². The summed E-state index contributed by atoms with van der Waals surface area (Å²) in [6, 6.07) is 12.0. The first-order valence-electron chi connectivity index (χ1n) is 10.8. The van der Waals surface area contributed by atoms with Crippen LogP contribution in [0.25, 0.3) is 11.0 Å². The summed E-state index contributed by atoms with van der Waals surface area (Å²) in [6.07, 6.45) is 0. The summed E-state index contributed by atoms with van der Waals surface area (Å²) in [5.74, 6) is 0.976. The third-order valence-corrected chi connectivity index (χ3v) is 6.15. The predicted molar refractivity (Wildman–Crippen MR) is 123 cm³/mol. The molecule has 2 aromatic carbocycles. The van der Waals surface area contributed by atoms with Crippen molar-refractivity contribution in [2.45, 2.75) is 19.9 Å². The maximum absolute atomic E-state index is 13.5. The zero-order valence-corrected chi connectivity index (χ0v) is 18.9. The molecule has 0 N–H and O–H groups in total. The molecule has 0 bridgehead atoms. The van der Waals surface area contributed by atoms with E-state index >= 15 is 0 Å². The first kappa shape index (κ1) is 21.9. The Morgan fingerprint density at radius 3 is 2.41 bits per heavy atom. The minimum absolute atomic E-state index is 0.119. The van der Waals surface area contributed by atoms with E-state index in [2.05, 4.69) is 18.7 Å². The van der Waals surface area contributed by atoms with E-state index in [1.807, 2.05) is 12.1 Å². The van der Waals surface area contributed by atoms with Gasteiger partial charge in [-0.05, 0) is 42.9 Å². The first-order chi connectivity index (χ1) is 15.5. The minimum Gasteiger partial charge on any atom is -0.493 e. The standard InChI is InChI=1S/C25H28N2O5/c1-5-26(6-2)13-14-27-22(16-11-12-19(30-3)20(15-16)31-4)21-23(28)17-9-7-8-10-18(17)32-24(21)25(27)29/h7-12,15,22H,5-6,13-14H2,1-4H3/t22-/m1/s1. The van der Waals surface area contributed by atoms with Crippen molar-refractivity contribution in [2.24, 2.45) is 0 Å². The van der Waals surface area contributed by atoms with Crippen LogP contribution < -0.4 is 14.9 Å². The van der Waals surface area contributed by atoms with E-state index in [4.69, 9.17) is 13.9 Å². The number of hydrogen-bond donors (Lipinski definition) is 0. The van der Waals surface area contributed by atoms with Gasteiger partial charge >= 0.3 is 0 Å². The third kappa shape index (κ3) is 3.62. The van der Waals surface area contributed by atoms with E-state index in [1.165, 1.54) is 0 Å². The molecule has 1 aliphatic heterocycles. The number of nitrogens with zero attached hydrogens (tertiary/aromatic N) is 2. The van der Waals surface area contributed by atoms with Crippen LogP contribution in [-0.2, 0) is 0 Å². The molecule has 0 radical (unpaired) electrons. The number of carbonyl (C=O) groups excluding carboxylic acids is 1. The Hall–Kier alpha value is -3.32. The van der Waals surface area contributed by atoms with Crippen molar-refractivity contribution < 1.29 is 18.7 Å². The van der Waals surface area contributed by atoms with Gasteiger partial charge < -0.3 is 23.7 Å². The lowest BCUT2D eigenvalue weighted by Gasteiger charge is -2.28. The average Bonchev–Trinajstić information content (AvgIpc) is 3.11. The van der Waals surface area contributed by atoms with Crippen molar-refractivity contribution in [1.29, 1.82) is 0 Å². The Bertz CT molecular complexity index is 1200. The molecule has 0 unspecified atom stereocenters. The molecule has 32 heavy (non-hydrogen) atoms. The fraction of sp³-hybridized carbons (Fsp3) is 0.360. The van der Waals surface area contributed by atoms with Crippen LogP contribution in [0.1, 0.15) is 41.6 Å². The van der Waals surface area contributed by atoms with Gasteiger partial charge in [0.1, 0.15) is 5.58 Å². The number of carbonyl (C=O) groups is 1. The lowest BCUT2D eigenvalue weighted by molar-refractivity contribution is 0.0708. The molecule has 1 atom stereocenters. The van der Waals surface area contributed by atoms with Crippen LogP contribution in [0.2, 0.25) is 0 Å². The zero-order valence-electron chi connectivity index (χ0n) is 18.9. The van der Waals surface area contributed by atoms with E-state index in [0.29, 0.717) is 41.1 Å². The van der Waals surface area contributed by atoms with Gasteiger partial charge in [-0.3, -0.25) is 9.59 Å². The molecular formula is C25H28N2O5. The van der Waals surface area contributed by atoms with Gasteiger partial charge in [0.25, 0.3) is 5.91 Å². The molecule has 4 rings (SSSR count). The van der Waals surface area contributed by atoms with Crippen molar-refractivity contribution >= 4 is 16.9 Å². The van der Waals surface area contributed by atoms with E-state index in [-0.39, 0.29) is 17.1 Å². The van der Waals surface area contributed by atoms with Gasteiger partial charge in [-0.1, -0.05) is 32.0 Å². The van der Waals surface area contributed by atoms with Gasteiger partial charge in [0.05, 0.1) is 31.2 Å². The molecule has 7 heteroatoms. The van der Waals surface area contributed by atoms with E-state index in [9.17, 15) is 9.59 Å². The summed E-state index contributed by atoms with van der Waals surface area (Å²) in [5, 5.41) is 0.468. The zero-order chi connectivity index (χ0) is 22.8. The lowest BCUT2D eigenvalue weighted by atomic mass is 9.98. The molecule has 1 aliphatic rings. The van der Waals surface area contributed by atoms with Gasteiger partial charge in [-0.25, -0.2) is 0 Å². The topological polar surface area (TPSA) is 72.2 Å². The summed E-state index contributed by atoms with van der Waals surface area (Å²) in [7, 11) is 3.14. The average molecular weight is 437 g/mol. The van der Waals surface area contributed by atoms with E-state index in [0.717, 1.165) is 18.7 Å². The van der Waals surface area contributed by atoms with Crippen molar-refractivity contribution in [1.82, 2.24) is 9.80 Å². The number of hydrogen-bond acceptors (Lipinski definition) is 6. The second-order valence-electron chi connectivity index (χ2n) is 7.71. The first-order valence-corrected chi connectivity index (χ1v) is 10.8. The second kappa shape index (κ2) is 9.04. The van der Waals surface area contributed by atoms with Gasteiger partial charge in [0.15, 0.2) is 16.9 Å². The largest absolute Gasteiger partial charge is 0.493 e. The predicted octanol–water partition coefficient (Wildman–Crippen LogP) is 3.70. The van der Waals surface area contributed by atoms with Crippen LogP contribution >= 0.6 is 0 Å². The van der Waals surface area contributed by atoms with Crippen LogP contribution in [0.3, 0.4) is 0 Å². The lowest BCUT2D eigenvalue weighted by Crippen LogP contribution is -2.37. The molecule has 168 valence electrons. The number of benzene rings is 2. The Morgan fingerprint density at radius 2 is 1.72 bits per heavy atom. The van der Waals surface area contributed by atoms with Crippen LogP contribution in [0.5, 0.6) is 11.5 Å². The van der Waals surface area contributed by atoms with Crippen molar-refractivity contribution in [3.63, 3.8) is 0 Å². The van der Waals surface area contributed by atoms with E-state index < -0.39 is 6.04 Å². The molecule has 3 aromatic rings. The van der Waals surface area contributed by atoms with Gasteiger partial charge in [0, 0.05) is 13.1 Å². The molecule has 0 fully saturated rings. The van der Waals surface area contributed by atoms with Crippen LogP contribution in [0.15, 0.2) is 51.7 Å². The van der Waals surface area contributed by atoms with Gasteiger partial charge in [0.2, 0.25) is 5.76 Å². The number of amides is 1. The van der Waals surface area contributed by atoms with Crippen molar-refractivity contribution in [3.05, 3.63) is 69.6 Å². The molecule has 7 nitrogen and oxygen atoms in total. The molecule has 0 aliphatic carbocycles. The normalized spacial score (nSPS) is 15.5. The second-order valence-corrected chi connectivity index (χ2v) is 7.71. The number of para-hydroxylation sites is 1. The highest BCUT2D eigenvalue weighted by molar-refractivity contribution is 5.99. The maximum Gasteiger partial charge on any atom is 0.290 e. The maximum atomic E-state index is 13.5. The van der Waals surface area contributed by atoms with Gasteiger partial charge in [-0.2, -0.15) is 0 Å². The van der Waals surface area contributed by atoms with Crippen molar-refractivity contribution in [2.75, 3.05) is 40.4 Å². The Balaban J connectivity index is 1.88. The SMILES string of the molecule is CCN(CC)CCN1C(=O)c2oc3ccccc3c(=O)c2[C@H]1c1ccc(OC)c(OC)c1. The molecule has 0 saturated carbocycles. The van der Waals surface area contributed by atoms with Crippen LogP contribution in [-0.4, -0.2) is 56.1 Å². The fourth-order valence-corrected chi connectivity index (χ4v) is 4.36. The third-order valence-electron chi connectivity index (χ3n) is 6.15. The highest BCUT2D eigenvalue weighted by Gasteiger charge is 2.42. The summed E-state index contributed by atoms with van der Waals surface area (Å²) in [6.45, 7) is 7.12. The molecule has 0 spiro atoms. The monoisotopic (exact) mass is 436 g/mol. The number of rotatable bonds is 8. The molecule has 1 aromatic heterocycles. The smallest absolute Gasteiger partial charge is 0.290 e. The quantitative estimate of drug-likeness (QED) is 0.536. The van der Waals surface area contributed by atoms with Gasteiger partial charge in [-0.15, -0.1) is 0 Å². The number of ether oxygens (including phenoxy) is 2. The van der Waals surface area contributed by atoms with Crippen LogP contribution in [0.4, 0.5) is 0 Å². The minimum atomic E-state index is -0.561. The van der Waals surface area contributed by atoms with E-state index in [1.54, 1.807) is 49.5 Å². The molecular weight excluding hydrogens is 408 g/mol. The summed E-state index contributed by atoms with van der Waals surface area (Å²) in [5.41, 5.74) is 1.39. The number of methoxy groups -OCH3 is 2. The Kier molecular flexibility index (Phi) is 6.19. The Morgan fingerprint density at radius 1 is 1.00 bits per heavy atom.